The molecular weight excluding hydrogens is 397 g/mol. The van der Waals surface area contributed by atoms with Crippen molar-refractivity contribution in [2.75, 3.05) is 12.3 Å². The fraction of sp³-hybridized carbons (Fsp3) is 0.350. The molecule has 0 saturated carbocycles. The van der Waals surface area contributed by atoms with Crippen LogP contribution in [-0.2, 0) is 17.8 Å². The Morgan fingerprint density at radius 3 is 2.79 bits per heavy atom. The van der Waals surface area contributed by atoms with E-state index in [-0.39, 0.29) is 23.0 Å². The topological polar surface area (TPSA) is 64.0 Å². The lowest BCUT2D eigenvalue weighted by Crippen LogP contribution is -2.28. The lowest BCUT2D eigenvalue weighted by atomic mass is 10.1. The van der Waals surface area contributed by atoms with Gasteiger partial charge in [-0.15, -0.1) is 11.3 Å². The average Bonchev–Trinajstić information content (AvgIpc) is 2.95. The van der Waals surface area contributed by atoms with Crippen LogP contribution in [0.3, 0.4) is 0 Å². The molecule has 2 aromatic heterocycles. The van der Waals surface area contributed by atoms with Gasteiger partial charge in [-0.2, -0.15) is 0 Å². The number of fused-ring (bicyclic) bond motifs is 1. The van der Waals surface area contributed by atoms with Gasteiger partial charge in [0.2, 0.25) is 5.91 Å². The molecule has 0 spiro atoms. The number of carbonyl (C=O) groups is 1. The van der Waals surface area contributed by atoms with Gasteiger partial charge in [-0.05, 0) is 44.4 Å². The number of thiophene rings is 1. The highest BCUT2D eigenvalue weighted by Crippen LogP contribution is 2.28. The Balaban J connectivity index is 1.65. The number of carbonyl (C=O) groups excluding carboxylic acids is 1. The SMILES string of the molecule is CCn1c(SCC(=O)NCCc2ccccc2F)nc2sc(C)c(C)c2c1=O. The van der Waals surface area contributed by atoms with Gasteiger partial charge in [0.1, 0.15) is 10.6 Å². The normalized spacial score (nSPS) is 11.1. The molecule has 0 saturated heterocycles. The third-order valence-electron chi connectivity index (χ3n) is 4.58. The van der Waals surface area contributed by atoms with Gasteiger partial charge >= 0.3 is 0 Å². The van der Waals surface area contributed by atoms with Crippen LogP contribution in [0.4, 0.5) is 4.39 Å². The van der Waals surface area contributed by atoms with E-state index in [2.05, 4.69) is 10.3 Å². The second-order valence-corrected chi connectivity index (χ2v) is 8.53. The van der Waals surface area contributed by atoms with Gasteiger partial charge in [-0.3, -0.25) is 14.2 Å². The third kappa shape index (κ3) is 4.28. The molecule has 0 unspecified atom stereocenters. The highest BCUT2D eigenvalue weighted by Gasteiger charge is 2.16. The van der Waals surface area contributed by atoms with Gasteiger partial charge in [0, 0.05) is 18.0 Å². The Labute approximate surface area is 171 Å². The minimum absolute atomic E-state index is 0.0585. The van der Waals surface area contributed by atoms with Crippen LogP contribution >= 0.6 is 23.1 Å². The summed E-state index contributed by atoms with van der Waals surface area (Å²) in [6.07, 6.45) is 0.431. The van der Waals surface area contributed by atoms with Crippen LogP contribution < -0.4 is 10.9 Å². The van der Waals surface area contributed by atoms with E-state index < -0.39 is 0 Å². The fourth-order valence-electron chi connectivity index (χ4n) is 2.92. The molecule has 3 rings (SSSR count). The Morgan fingerprint density at radius 2 is 2.07 bits per heavy atom. The van der Waals surface area contributed by atoms with Crippen molar-refractivity contribution in [3.8, 4) is 0 Å². The van der Waals surface area contributed by atoms with E-state index >= 15 is 0 Å². The molecule has 1 aromatic carbocycles. The van der Waals surface area contributed by atoms with E-state index in [0.29, 0.717) is 40.4 Å². The van der Waals surface area contributed by atoms with Gasteiger partial charge in [-0.1, -0.05) is 30.0 Å². The van der Waals surface area contributed by atoms with E-state index in [9.17, 15) is 14.0 Å². The first kappa shape index (κ1) is 20.5. The summed E-state index contributed by atoms with van der Waals surface area (Å²) in [4.78, 5) is 31.4. The fourth-order valence-corrected chi connectivity index (χ4v) is 4.88. The van der Waals surface area contributed by atoms with Crippen LogP contribution in [-0.4, -0.2) is 27.8 Å². The van der Waals surface area contributed by atoms with Crippen LogP contribution in [0.15, 0.2) is 34.2 Å². The number of amides is 1. The van der Waals surface area contributed by atoms with E-state index in [1.54, 1.807) is 22.8 Å². The average molecular weight is 420 g/mol. The molecular formula is C20H22FN3O2S2. The summed E-state index contributed by atoms with van der Waals surface area (Å²) in [6.45, 7) is 6.66. The molecule has 28 heavy (non-hydrogen) atoms. The van der Waals surface area contributed by atoms with E-state index in [0.717, 1.165) is 10.4 Å². The first-order chi connectivity index (χ1) is 13.4. The Bertz CT molecular complexity index is 1080. The number of aromatic nitrogens is 2. The van der Waals surface area contributed by atoms with Gasteiger partial charge in [0.05, 0.1) is 11.1 Å². The maximum Gasteiger partial charge on any atom is 0.263 e. The number of benzene rings is 1. The monoisotopic (exact) mass is 419 g/mol. The zero-order valence-corrected chi connectivity index (χ0v) is 17.7. The highest BCUT2D eigenvalue weighted by molar-refractivity contribution is 7.99. The zero-order chi connectivity index (χ0) is 20.3. The zero-order valence-electron chi connectivity index (χ0n) is 16.0. The second kappa shape index (κ2) is 8.87. The molecule has 0 aliphatic carbocycles. The molecule has 0 aliphatic heterocycles. The standard InChI is InChI=1S/C20H22FN3O2S2/c1-4-24-19(26)17-12(2)13(3)28-18(17)23-20(24)27-11-16(25)22-10-9-14-7-5-6-8-15(14)21/h5-8H,4,9-11H2,1-3H3,(H,22,25). The quantitative estimate of drug-likeness (QED) is 0.469. The summed E-state index contributed by atoms with van der Waals surface area (Å²) in [5.41, 5.74) is 1.49. The summed E-state index contributed by atoms with van der Waals surface area (Å²) < 4.78 is 15.2. The molecule has 148 valence electrons. The largest absolute Gasteiger partial charge is 0.355 e. The molecule has 0 fully saturated rings. The van der Waals surface area contributed by atoms with Crippen molar-refractivity contribution in [1.82, 2.24) is 14.9 Å². The molecule has 1 N–H and O–H groups in total. The number of rotatable bonds is 7. The summed E-state index contributed by atoms with van der Waals surface area (Å²) >= 11 is 2.75. The number of nitrogens with one attached hydrogen (secondary N) is 1. The lowest BCUT2D eigenvalue weighted by Gasteiger charge is -2.10. The lowest BCUT2D eigenvalue weighted by molar-refractivity contribution is -0.118. The van der Waals surface area contributed by atoms with Gasteiger partial charge in [0.25, 0.3) is 5.56 Å². The maximum atomic E-state index is 13.6. The summed E-state index contributed by atoms with van der Waals surface area (Å²) in [5.74, 6) is -0.285. The van der Waals surface area contributed by atoms with Crippen molar-refractivity contribution in [3.63, 3.8) is 0 Å². The van der Waals surface area contributed by atoms with Crippen molar-refractivity contribution in [3.05, 3.63) is 56.4 Å². The van der Waals surface area contributed by atoms with Gasteiger partial charge < -0.3 is 5.32 Å². The van der Waals surface area contributed by atoms with Crippen molar-refractivity contribution in [2.45, 2.75) is 38.9 Å². The van der Waals surface area contributed by atoms with Gasteiger partial charge in [-0.25, -0.2) is 9.37 Å². The van der Waals surface area contributed by atoms with Crippen LogP contribution in [0, 0.1) is 19.7 Å². The molecule has 3 aromatic rings. The molecule has 5 nitrogen and oxygen atoms in total. The smallest absolute Gasteiger partial charge is 0.263 e. The predicted octanol–water partition coefficient (Wildman–Crippen LogP) is 3.68. The predicted molar refractivity (Wildman–Crippen MR) is 113 cm³/mol. The van der Waals surface area contributed by atoms with Gasteiger partial charge in [0.15, 0.2) is 5.16 Å². The van der Waals surface area contributed by atoms with Crippen molar-refractivity contribution < 1.29 is 9.18 Å². The number of thioether (sulfide) groups is 1. The van der Waals surface area contributed by atoms with E-state index in [4.69, 9.17) is 0 Å². The second-order valence-electron chi connectivity index (χ2n) is 6.39. The number of nitrogens with zero attached hydrogens (tertiary/aromatic N) is 2. The van der Waals surface area contributed by atoms with Crippen molar-refractivity contribution in [2.24, 2.45) is 0 Å². The minimum atomic E-state index is -0.267. The van der Waals surface area contributed by atoms with E-state index in [1.807, 2.05) is 20.8 Å². The van der Waals surface area contributed by atoms with E-state index in [1.165, 1.54) is 29.2 Å². The maximum absolute atomic E-state index is 13.6. The first-order valence-corrected chi connectivity index (χ1v) is 10.9. The Kier molecular flexibility index (Phi) is 6.51. The molecule has 2 heterocycles. The number of hydrogen-bond acceptors (Lipinski definition) is 5. The minimum Gasteiger partial charge on any atom is -0.355 e. The van der Waals surface area contributed by atoms with Crippen molar-refractivity contribution >= 4 is 39.2 Å². The number of hydrogen-bond donors (Lipinski definition) is 1. The van der Waals surface area contributed by atoms with Crippen LogP contribution in [0.25, 0.3) is 10.2 Å². The third-order valence-corrected chi connectivity index (χ3v) is 6.65. The van der Waals surface area contributed by atoms with Crippen LogP contribution in [0.5, 0.6) is 0 Å². The Hall–Kier alpha value is -2.19. The summed E-state index contributed by atoms with van der Waals surface area (Å²) in [7, 11) is 0. The Morgan fingerprint density at radius 1 is 1.32 bits per heavy atom. The summed E-state index contributed by atoms with van der Waals surface area (Å²) in [5, 5.41) is 4.01. The molecule has 0 radical (unpaired) electrons. The summed E-state index contributed by atoms with van der Waals surface area (Å²) in [6, 6.07) is 6.53. The molecule has 0 bridgehead atoms. The highest BCUT2D eigenvalue weighted by atomic mass is 32.2. The number of aryl methyl sites for hydroxylation is 2. The van der Waals surface area contributed by atoms with Crippen LogP contribution in [0.2, 0.25) is 0 Å². The molecule has 1 amide bonds. The van der Waals surface area contributed by atoms with Crippen molar-refractivity contribution in [1.29, 1.82) is 0 Å². The van der Waals surface area contributed by atoms with Crippen LogP contribution in [0.1, 0.15) is 22.9 Å². The molecule has 8 heteroatoms. The molecule has 0 atom stereocenters. The molecule has 0 aliphatic rings. The number of halogens is 1. The first-order valence-electron chi connectivity index (χ1n) is 9.05.